The first kappa shape index (κ1) is 56.2. The van der Waals surface area contributed by atoms with E-state index in [1.165, 1.54) is 0 Å². The van der Waals surface area contributed by atoms with Crippen LogP contribution in [-0.2, 0) is 29.2 Å². The molecular formula is C58H77ClFN9O7S2. The third-order valence-electron chi connectivity index (χ3n) is 18.6. The number of likely N-dealkylation sites (N-methyl/N-ethyl adjacent to an activating group) is 1. The molecule has 4 amide bonds. The summed E-state index contributed by atoms with van der Waals surface area (Å²) in [6.45, 7) is 2.59. The molecule has 4 atom stereocenters. The van der Waals surface area contributed by atoms with Gasteiger partial charge in [-0.05, 0) is 176 Å². The first-order valence-corrected chi connectivity index (χ1v) is 31.2. The molecule has 4 saturated carbocycles. The fourth-order valence-corrected chi connectivity index (χ4v) is 16.2. The molecule has 6 aliphatic rings. The highest BCUT2D eigenvalue weighted by Crippen LogP contribution is 2.48. The average molecular weight is 1130 g/mol. The van der Waals surface area contributed by atoms with Gasteiger partial charge in [-0.3, -0.25) is 28.9 Å². The van der Waals surface area contributed by atoms with E-state index in [4.69, 9.17) is 16.3 Å². The zero-order valence-electron chi connectivity index (χ0n) is 45.3. The molecule has 6 fully saturated rings. The van der Waals surface area contributed by atoms with Crippen LogP contribution >= 0.6 is 22.9 Å². The molecule has 16 nitrogen and oxygen atoms in total. The smallest absolute Gasteiger partial charge is 0.266 e. The Morgan fingerprint density at radius 3 is 2.32 bits per heavy atom. The number of aromatic nitrogens is 2. The maximum Gasteiger partial charge on any atom is 0.266 e. The van der Waals surface area contributed by atoms with E-state index in [0.717, 1.165) is 149 Å². The van der Waals surface area contributed by atoms with Gasteiger partial charge in [0, 0.05) is 75.5 Å². The van der Waals surface area contributed by atoms with E-state index < -0.39 is 26.7 Å². The van der Waals surface area contributed by atoms with E-state index in [1.54, 1.807) is 30.4 Å². The summed E-state index contributed by atoms with van der Waals surface area (Å²) in [5, 5.41) is 10.2. The zero-order valence-corrected chi connectivity index (χ0v) is 47.7. The Balaban J connectivity index is 0.602. The number of thiazole rings is 1. The number of likely N-dealkylation sites (tertiary alicyclic amines) is 2. The van der Waals surface area contributed by atoms with Crippen molar-refractivity contribution in [2.24, 2.45) is 35.0 Å². The average Bonchev–Trinajstić information content (AvgIpc) is 4.05. The molecule has 4 N–H and O–H groups in total. The number of benzene rings is 2. The van der Waals surface area contributed by atoms with Gasteiger partial charge >= 0.3 is 0 Å². The number of nitrogens with one attached hydrogen (secondary N) is 4. The van der Waals surface area contributed by atoms with Crippen LogP contribution in [0.2, 0.25) is 5.02 Å². The standard InChI is InChI=1S/C58H77ClFN9O7S2/c1-67(2)49-9-5-4-8-46(49)64-48-32-45(60)51(31-44(48)59)78(74,75)66-57-65-47-19-18-42(29-50(47)77-57)76-35-37-12-10-36(11-13-37)33-62-54(71)38-14-16-41(17-15-38)63-55(72)39-20-22-58(23-21-39)24-27-69(28-25-58)56(73)43-30-52(70)68(3)53(43)40-7-6-26-61-34-40/h6-7,18-19,26,29,31-32,34,36-39,41,43,46,49,53,64H,4-5,8-17,20-25,27-28,30,33,35H2,1-3H3,(H,62,71)(H,63,72)(H,65,66)/t36?,37?,38?,41?,43-,46+,49+,53+/m0/s1. The van der Waals surface area contributed by atoms with Gasteiger partial charge in [0.1, 0.15) is 16.5 Å². The molecule has 4 aromatic rings. The van der Waals surface area contributed by atoms with Crippen LogP contribution in [-0.4, -0.2) is 122 Å². The number of piperidine rings is 1. The van der Waals surface area contributed by atoms with Gasteiger partial charge in [0.25, 0.3) is 10.0 Å². The Bertz CT molecular complexity index is 2900. The molecule has 4 aliphatic carbocycles. The van der Waals surface area contributed by atoms with Crippen molar-refractivity contribution in [3.05, 3.63) is 71.3 Å². The van der Waals surface area contributed by atoms with Crippen LogP contribution < -0.4 is 25.4 Å². The van der Waals surface area contributed by atoms with Crippen molar-refractivity contribution >= 4 is 77.6 Å². The molecule has 422 valence electrons. The molecule has 2 aliphatic heterocycles. The minimum absolute atomic E-state index is 0.00416. The van der Waals surface area contributed by atoms with Gasteiger partial charge in [0.2, 0.25) is 23.6 Å². The van der Waals surface area contributed by atoms with Gasteiger partial charge in [-0.1, -0.05) is 41.8 Å². The minimum Gasteiger partial charge on any atom is -0.493 e. The quantitative estimate of drug-likeness (QED) is 0.0835. The Morgan fingerprint density at radius 1 is 0.885 bits per heavy atom. The number of ether oxygens (including phenoxy) is 1. The molecule has 10 rings (SSSR count). The van der Waals surface area contributed by atoms with Crippen molar-refractivity contribution in [3.8, 4) is 5.75 Å². The van der Waals surface area contributed by atoms with E-state index in [-0.39, 0.29) is 81.6 Å². The molecule has 0 unspecified atom stereocenters. The fraction of sp³-hybridized carbons (Fsp3) is 0.621. The summed E-state index contributed by atoms with van der Waals surface area (Å²) in [6.07, 6.45) is 20.4. The summed E-state index contributed by atoms with van der Waals surface area (Å²) in [5.74, 6) is 0.408. The van der Waals surface area contributed by atoms with Gasteiger partial charge in [0.15, 0.2) is 5.13 Å². The predicted molar refractivity (Wildman–Crippen MR) is 301 cm³/mol. The zero-order chi connectivity index (χ0) is 54.7. The Hall–Kier alpha value is -5.11. The fourth-order valence-electron chi connectivity index (χ4n) is 13.7. The second kappa shape index (κ2) is 24.3. The van der Waals surface area contributed by atoms with Crippen LogP contribution in [0, 0.1) is 40.8 Å². The number of amides is 4. The lowest BCUT2D eigenvalue weighted by molar-refractivity contribution is -0.139. The lowest BCUT2D eigenvalue weighted by Crippen LogP contribution is -2.48. The second-order valence-electron chi connectivity index (χ2n) is 23.7. The van der Waals surface area contributed by atoms with Crippen LogP contribution in [0.4, 0.5) is 15.2 Å². The monoisotopic (exact) mass is 1130 g/mol. The van der Waals surface area contributed by atoms with Crippen molar-refractivity contribution in [2.75, 3.05) is 57.4 Å². The lowest BCUT2D eigenvalue weighted by Gasteiger charge is -2.46. The predicted octanol–water partition coefficient (Wildman–Crippen LogP) is 9.56. The molecular weight excluding hydrogens is 1050 g/mol. The maximum absolute atomic E-state index is 15.5. The van der Waals surface area contributed by atoms with Crippen molar-refractivity contribution in [2.45, 2.75) is 151 Å². The number of sulfonamides is 1. The van der Waals surface area contributed by atoms with Gasteiger partial charge in [-0.15, -0.1) is 0 Å². The van der Waals surface area contributed by atoms with Crippen molar-refractivity contribution in [1.29, 1.82) is 0 Å². The maximum atomic E-state index is 15.5. The largest absolute Gasteiger partial charge is 0.493 e. The van der Waals surface area contributed by atoms with Crippen molar-refractivity contribution in [3.63, 3.8) is 0 Å². The Kier molecular flexibility index (Phi) is 17.5. The van der Waals surface area contributed by atoms with E-state index in [1.807, 2.05) is 43.3 Å². The van der Waals surface area contributed by atoms with Gasteiger partial charge in [-0.2, -0.15) is 0 Å². The summed E-state index contributed by atoms with van der Waals surface area (Å²) in [6, 6.07) is 11.7. The Morgan fingerprint density at radius 2 is 1.60 bits per heavy atom. The van der Waals surface area contributed by atoms with Gasteiger partial charge < -0.3 is 35.4 Å². The first-order chi connectivity index (χ1) is 37.5. The number of pyridine rings is 1. The van der Waals surface area contributed by atoms with E-state index >= 15 is 4.39 Å². The van der Waals surface area contributed by atoms with Crippen LogP contribution in [0.15, 0.2) is 59.8 Å². The van der Waals surface area contributed by atoms with Gasteiger partial charge in [0.05, 0.1) is 39.5 Å². The molecule has 0 bridgehead atoms. The highest BCUT2D eigenvalue weighted by atomic mass is 35.5. The van der Waals surface area contributed by atoms with E-state index in [0.29, 0.717) is 55.0 Å². The molecule has 78 heavy (non-hydrogen) atoms. The topological polar surface area (TPSA) is 195 Å². The molecule has 4 heterocycles. The number of hydrogen-bond donors (Lipinski definition) is 4. The summed E-state index contributed by atoms with van der Waals surface area (Å²) in [5.41, 5.74) is 2.01. The van der Waals surface area contributed by atoms with Crippen LogP contribution in [0.25, 0.3) is 10.2 Å². The first-order valence-electron chi connectivity index (χ1n) is 28.5. The number of fused-ring (bicyclic) bond motifs is 1. The summed E-state index contributed by atoms with van der Waals surface area (Å²) < 4.78 is 51.8. The number of carbonyl (C=O) groups is 4. The molecule has 2 saturated heterocycles. The highest BCUT2D eigenvalue weighted by molar-refractivity contribution is 7.93. The number of hydrogen-bond acceptors (Lipinski definition) is 12. The third-order valence-corrected chi connectivity index (χ3v) is 21.3. The molecule has 2 aromatic carbocycles. The van der Waals surface area contributed by atoms with Crippen LogP contribution in [0.5, 0.6) is 5.75 Å². The van der Waals surface area contributed by atoms with Crippen molar-refractivity contribution in [1.82, 2.24) is 35.3 Å². The van der Waals surface area contributed by atoms with Crippen molar-refractivity contribution < 1.29 is 36.7 Å². The number of anilines is 2. The Labute approximate surface area is 467 Å². The summed E-state index contributed by atoms with van der Waals surface area (Å²) >= 11 is 7.70. The van der Waals surface area contributed by atoms with Crippen LogP contribution in [0.1, 0.15) is 134 Å². The third kappa shape index (κ3) is 12.9. The normalized spacial score (nSPS) is 27.0. The molecule has 1 spiro atoms. The minimum atomic E-state index is -4.34. The summed E-state index contributed by atoms with van der Waals surface area (Å²) in [7, 11) is 1.48. The SMILES string of the molecule is CN(C)[C@@H]1CCCC[C@H]1Nc1cc(F)c(S(=O)(=O)Nc2nc3ccc(OCC4CCC(CNC(=O)C5CCC(NC(=O)C6CCC7(CC6)CCN(C(=O)[C@H]6CC(=O)N(C)[C@@H]6c6cccnc6)CC7)CC5)CC4)cc3s2)cc1Cl. The number of carbonyl (C=O) groups excluding carboxylic acids is 4. The number of rotatable bonds is 16. The molecule has 2 aromatic heterocycles. The molecule has 0 radical (unpaired) electrons. The van der Waals surface area contributed by atoms with Gasteiger partial charge in [-0.25, -0.2) is 17.8 Å². The molecule has 20 heteroatoms. The lowest BCUT2D eigenvalue weighted by atomic mass is 9.65. The number of halogens is 2. The number of nitrogens with zero attached hydrogens (tertiary/aromatic N) is 5. The second-order valence-corrected chi connectivity index (χ2v) is 26.8. The van der Waals surface area contributed by atoms with Crippen LogP contribution in [0.3, 0.4) is 0 Å². The highest BCUT2D eigenvalue weighted by Gasteiger charge is 2.47. The summed E-state index contributed by atoms with van der Waals surface area (Å²) in [4.78, 5) is 67.4. The van der Waals surface area contributed by atoms with E-state index in [2.05, 4.69) is 35.5 Å². The van der Waals surface area contributed by atoms with E-state index in [9.17, 15) is 27.6 Å².